The van der Waals surface area contributed by atoms with E-state index in [0.717, 1.165) is 20.9 Å². The Hall–Kier alpha value is -1.46. The van der Waals surface area contributed by atoms with Gasteiger partial charge in [0, 0.05) is 18.2 Å². The van der Waals surface area contributed by atoms with E-state index in [1.807, 2.05) is 25.1 Å². The van der Waals surface area contributed by atoms with Gasteiger partial charge in [-0.25, -0.2) is 4.98 Å². The van der Waals surface area contributed by atoms with Gasteiger partial charge in [0.1, 0.15) is 6.61 Å². The maximum absolute atomic E-state index is 11.6. The standard InChI is InChI=1S/C14H18N2O2S/c1-4-18-8-13(17)15-10-5-6-11-12(7-10)19-14(16-11)9(2)3/h5-7,9H,4,8H2,1-3H3,(H,15,17). The fraction of sp³-hybridized carbons (Fsp3) is 0.429. The van der Waals surface area contributed by atoms with Crippen LogP contribution >= 0.6 is 11.3 Å². The summed E-state index contributed by atoms with van der Waals surface area (Å²) in [5, 5.41) is 3.94. The Morgan fingerprint density at radius 3 is 2.95 bits per heavy atom. The molecule has 1 N–H and O–H groups in total. The van der Waals surface area contributed by atoms with Crippen molar-refractivity contribution in [3.8, 4) is 0 Å². The molecule has 0 aliphatic carbocycles. The van der Waals surface area contributed by atoms with Gasteiger partial charge in [-0.05, 0) is 25.1 Å². The molecule has 0 saturated carbocycles. The molecule has 2 rings (SSSR count). The van der Waals surface area contributed by atoms with Gasteiger partial charge in [-0.2, -0.15) is 0 Å². The minimum atomic E-state index is -0.130. The lowest BCUT2D eigenvalue weighted by atomic mass is 10.2. The third-order valence-electron chi connectivity index (χ3n) is 2.62. The summed E-state index contributed by atoms with van der Waals surface area (Å²) in [6.45, 7) is 6.75. The van der Waals surface area contributed by atoms with Crippen molar-refractivity contribution in [1.82, 2.24) is 4.98 Å². The number of hydrogen-bond donors (Lipinski definition) is 1. The molecule has 2 aromatic rings. The molecule has 5 heteroatoms. The number of carbonyl (C=O) groups excluding carboxylic acids is 1. The minimum absolute atomic E-state index is 0.0917. The second kappa shape index (κ2) is 6.12. The van der Waals surface area contributed by atoms with Gasteiger partial charge in [-0.1, -0.05) is 13.8 Å². The van der Waals surface area contributed by atoms with E-state index in [1.165, 1.54) is 0 Å². The number of benzene rings is 1. The summed E-state index contributed by atoms with van der Waals surface area (Å²) in [7, 11) is 0. The second-order valence-electron chi connectivity index (χ2n) is 4.57. The SMILES string of the molecule is CCOCC(=O)Nc1ccc2nc(C(C)C)sc2c1. The lowest BCUT2D eigenvalue weighted by Crippen LogP contribution is -2.18. The summed E-state index contributed by atoms with van der Waals surface area (Å²) in [5.74, 6) is 0.295. The van der Waals surface area contributed by atoms with Crippen molar-refractivity contribution in [2.45, 2.75) is 26.7 Å². The highest BCUT2D eigenvalue weighted by molar-refractivity contribution is 7.18. The van der Waals surface area contributed by atoms with Crippen molar-refractivity contribution in [3.63, 3.8) is 0 Å². The quantitative estimate of drug-likeness (QED) is 0.912. The zero-order valence-corrected chi connectivity index (χ0v) is 12.2. The van der Waals surface area contributed by atoms with Gasteiger partial charge >= 0.3 is 0 Å². The van der Waals surface area contributed by atoms with Gasteiger partial charge in [0.2, 0.25) is 5.91 Å². The Balaban J connectivity index is 2.14. The Kier molecular flexibility index (Phi) is 4.50. The summed E-state index contributed by atoms with van der Waals surface area (Å²) in [5.41, 5.74) is 1.77. The fourth-order valence-corrected chi connectivity index (χ4v) is 2.67. The number of anilines is 1. The topological polar surface area (TPSA) is 51.2 Å². The van der Waals surface area contributed by atoms with Crippen molar-refractivity contribution in [2.24, 2.45) is 0 Å². The molecular weight excluding hydrogens is 260 g/mol. The summed E-state index contributed by atoms with van der Waals surface area (Å²) in [4.78, 5) is 16.1. The van der Waals surface area contributed by atoms with E-state index in [-0.39, 0.29) is 12.5 Å². The molecule has 0 radical (unpaired) electrons. The smallest absolute Gasteiger partial charge is 0.250 e. The molecule has 0 saturated heterocycles. The molecule has 0 fully saturated rings. The first-order chi connectivity index (χ1) is 9.10. The monoisotopic (exact) mass is 278 g/mol. The summed E-state index contributed by atoms with van der Waals surface area (Å²) < 4.78 is 6.16. The number of nitrogens with one attached hydrogen (secondary N) is 1. The lowest BCUT2D eigenvalue weighted by molar-refractivity contribution is -0.120. The van der Waals surface area contributed by atoms with Crippen LogP contribution in [0.1, 0.15) is 31.7 Å². The number of hydrogen-bond acceptors (Lipinski definition) is 4. The molecule has 0 aliphatic rings. The van der Waals surface area contributed by atoms with Crippen LogP contribution in [0.3, 0.4) is 0 Å². The molecule has 1 heterocycles. The maximum Gasteiger partial charge on any atom is 0.250 e. The number of amides is 1. The van der Waals surface area contributed by atoms with Gasteiger partial charge < -0.3 is 10.1 Å². The third-order valence-corrected chi connectivity index (χ3v) is 3.94. The Morgan fingerprint density at radius 2 is 2.26 bits per heavy atom. The van der Waals surface area contributed by atoms with Gasteiger partial charge in [0.05, 0.1) is 15.2 Å². The number of aromatic nitrogens is 1. The van der Waals surface area contributed by atoms with Crippen molar-refractivity contribution < 1.29 is 9.53 Å². The molecule has 4 nitrogen and oxygen atoms in total. The predicted octanol–water partition coefficient (Wildman–Crippen LogP) is 3.39. The highest BCUT2D eigenvalue weighted by atomic mass is 32.1. The molecule has 0 spiro atoms. The van der Waals surface area contributed by atoms with Crippen LogP contribution in [0.5, 0.6) is 0 Å². The van der Waals surface area contributed by atoms with Crippen LogP contribution < -0.4 is 5.32 Å². The number of fused-ring (bicyclic) bond motifs is 1. The molecule has 0 bridgehead atoms. The van der Waals surface area contributed by atoms with Gasteiger partial charge in [-0.15, -0.1) is 11.3 Å². The van der Waals surface area contributed by atoms with Crippen LogP contribution in [0, 0.1) is 0 Å². The molecule has 1 aromatic heterocycles. The van der Waals surface area contributed by atoms with E-state index in [4.69, 9.17) is 4.74 Å². The number of nitrogens with zero attached hydrogens (tertiary/aromatic N) is 1. The van der Waals surface area contributed by atoms with Crippen LogP contribution in [0.2, 0.25) is 0 Å². The van der Waals surface area contributed by atoms with Crippen LogP contribution in [0.15, 0.2) is 18.2 Å². The summed E-state index contributed by atoms with van der Waals surface area (Å²) in [6.07, 6.45) is 0. The molecule has 19 heavy (non-hydrogen) atoms. The first-order valence-corrected chi connectivity index (χ1v) is 7.20. The van der Waals surface area contributed by atoms with Crippen molar-refractivity contribution in [2.75, 3.05) is 18.5 Å². The Morgan fingerprint density at radius 1 is 1.47 bits per heavy atom. The molecular formula is C14H18N2O2S. The zero-order valence-electron chi connectivity index (χ0n) is 11.4. The van der Waals surface area contributed by atoms with Crippen LogP contribution in [-0.4, -0.2) is 24.1 Å². The highest BCUT2D eigenvalue weighted by Crippen LogP contribution is 2.29. The molecule has 1 amide bonds. The van der Waals surface area contributed by atoms with E-state index in [1.54, 1.807) is 11.3 Å². The average molecular weight is 278 g/mol. The van der Waals surface area contributed by atoms with Gasteiger partial charge in [-0.3, -0.25) is 4.79 Å². The lowest BCUT2D eigenvalue weighted by Gasteiger charge is -2.04. The van der Waals surface area contributed by atoms with Crippen LogP contribution in [-0.2, 0) is 9.53 Å². The normalized spacial score (nSPS) is 11.2. The van der Waals surface area contributed by atoms with Gasteiger partial charge in [0.15, 0.2) is 0 Å². The van der Waals surface area contributed by atoms with Crippen molar-refractivity contribution in [3.05, 3.63) is 23.2 Å². The molecule has 0 atom stereocenters. The third kappa shape index (κ3) is 3.52. The Labute approximate surface area is 116 Å². The largest absolute Gasteiger partial charge is 0.372 e. The maximum atomic E-state index is 11.6. The van der Waals surface area contributed by atoms with Gasteiger partial charge in [0.25, 0.3) is 0 Å². The van der Waals surface area contributed by atoms with E-state index in [2.05, 4.69) is 24.1 Å². The summed E-state index contributed by atoms with van der Waals surface area (Å²) >= 11 is 1.67. The zero-order chi connectivity index (χ0) is 13.8. The molecule has 1 aromatic carbocycles. The summed E-state index contributed by atoms with van der Waals surface area (Å²) in [6, 6.07) is 5.77. The number of rotatable bonds is 5. The first kappa shape index (κ1) is 14.0. The number of carbonyl (C=O) groups is 1. The average Bonchev–Trinajstić information content (AvgIpc) is 2.79. The van der Waals surface area contributed by atoms with Crippen LogP contribution in [0.25, 0.3) is 10.2 Å². The van der Waals surface area contributed by atoms with E-state index >= 15 is 0 Å². The molecule has 0 unspecified atom stereocenters. The first-order valence-electron chi connectivity index (χ1n) is 6.38. The van der Waals surface area contributed by atoms with Crippen molar-refractivity contribution in [1.29, 1.82) is 0 Å². The molecule has 102 valence electrons. The number of thiazole rings is 1. The fourth-order valence-electron chi connectivity index (χ4n) is 1.66. The van der Waals surface area contributed by atoms with E-state index in [0.29, 0.717) is 12.5 Å². The molecule has 0 aliphatic heterocycles. The minimum Gasteiger partial charge on any atom is -0.372 e. The number of ether oxygens (including phenoxy) is 1. The van der Waals surface area contributed by atoms with Crippen LogP contribution in [0.4, 0.5) is 5.69 Å². The predicted molar refractivity (Wildman–Crippen MR) is 78.8 cm³/mol. The Bertz CT molecular complexity index is 578. The van der Waals surface area contributed by atoms with Crippen molar-refractivity contribution >= 4 is 33.1 Å². The highest BCUT2D eigenvalue weighted by Gasteiger charge is 2.09. The van der Waals surface area contributed by atoms with E-state index < -0.39 is 0 Å². The van der Waals surface area contributed by atoms with E-state index in [9.17, 15) is 4.79 Å². The second-order valence-corrected chi connectivity index (χ2v) is 5.64.